The SMILES string of the molecule is CC(O)CNc1cc(C(N)=O)ccc1N. The first-order valence-electron chi connectivity index (χ1n) is 4.62. The van der Waals surface area contributed by atoms with Gasteiger partial charge in [-0.3, -0.25) is 4.79 Å². The molecule has 1 atom stereocenters. The molecule has 1 aromatic carbocycles. The van der Waals surface area contributed by atoms with E-state index >= 15 is 0 Å². The van der Waals surface area contributed by atoms with Crippen LogP contribution in [0.1, 0.15) is 17.3 Å². The Morgan fingerprint density at radius 3 is 2.80 bits per heavy atom. The van der Waals surface area contributed by atoms with Gasteiger partial charge in [-0.15, -0.1) is 0 Å². The number of rotatable bonds is 4. The van der Waals surface area contributed by atoms with E-state index in [-0.39, 0.29) is 0 Å². The molecule has 5 nitrogen and oxygen atoms in total. The Bertz CT molecular complexity index is 364. The molecule has 15 heavy (non-hydrogen) atoms. The smallest absolute Gasteiger partial charge is 0.248 e. The highest BCUT2D eigenvalue weighted by atomic mass is 16.3. The van der Waals surface area contributed by atoms with E-state index in [4.69, 9.17) is 16.6 Å². The predicted octanol–water partition coefficient (Wildman–Crippen LogP) is 0.160. The Hall–Kier alpha value is -1.75. The molecule has 1 aromatic rings. The lowest BCUT2D eigenvalue weighted by atomic mass is 10.1. The van der Waals surface area contributed by atoms with Crippen molar-refractivity contribution in [3.63, 3.8) is 0 Å². The third-order valence-electron chi connectivity index (χ3n) is 1.93. The number of primary amides is 1. The summed E-state index contributed by atoms with van der Waals surface area (Å²) in [5.41, 5.74) is 12.3. The average Bonchev–Trinajstić information content (AvgIpc) is 2.16. The van der Waals surface area contributed by atoms with Crippen molar-refractivity contribution in [2.75, 3.05) is 17.6 Å². The van der Waals surface area contributed by atoms with Gasteiger partial charge in [0.15, 0.2) is 0 Å². The zero-order valence-electron chi connectivity index (χ0n) is 8.53. The van der Waals surface area contributed by atoms with Gasteiger partial charge in [0, 0.05) is 12.1 Å². The summed E-state index contributed by atoms with van der Waals surface area (Å²) in [6.45, 7) is 2.02. The lowest BCUT2D eigenvalue weighted by Crippen LogP contribution is -2.17. The monoisotopic (exact) mass is 209 g/mol. The van der Waals surface area contributed by atoms with Gasteiger partial charge in [-0.1, -0.05) is 0 Å². The molecule has 0 aromatic heterocycles. The number of nitrogens with one attached hydrogen (secondary N) is 1. The Kier molecular flexibility index (Phi) is 3.51. The maximum absolute atomic E-state index is 10.9. The van der Waals surface area contributed by atoms with E-state index in [1.807, 2.05) is 0 Å². The lowest BCUT2D eigenvalue weighted by Gasteiger charge is -2.11. The minimum atomic E-state index is -0.505. The summed E-state index contributed by atoms with van der Waals surface area (Å²) in [5.74, 6) is -0.505. The summed E-state index contributed by atoms with van der Waals surface area (Å²) in [4.78, 5) is 10.9. The van der Waals surface area contributed by atoms with Crippen LogP contribution < -0.4 is 16.8 Å². The van der Waals surface area contributed by atoms with Crippen molar-refractivity contribution in [2.24, 2.45) is 5.73 Å². The van der Waals surface area contributed by atoms with Crippen LogP contribution in [0.2, 0.25) is 0 Å². The molecular formula is C10H15N3O2. The van der Waals surface area contributed by atoms with Crippen LogP contribution in [0.3, 0.4) is 0 Å². The van der Waals surface area contributed by atoms with Gasteiger partial charge in [0.05, 0.1) is 17.5 Å². The van der Waals surface area contributed by atoms with Crippen LogP contribution >= 0.6 is 0 Å². The first kappa shape index (κ1) is 11.3. The topological polar surface area (TPSA) is 101 Å². The molecule has 6 N–H and O–H groups in total. The number of aliphatic hydroxyl groups excluding tert-OH is 1. The van der Waals surface area contributed by atoms with Crippen LogP contribution in [0.15, 0.2) is 18.2 Å². The standard InChI is InChI=1S/C10H15N3O2/c1-6(14)5-13-9-4-7(10(12)15)2-3-8(9)11/h2-4,6,13-14H,5,11H2,1H3,(H2,12,15). The van der Waals surface area contributed by atoms with Gasteiger partial charge >= 0.3 is 0 Å². The molecule has 0 saturated carbocycles. The zero-order chi connectivity index (χ0) is 11.4. The van der Waals surface area contributed by atoms with Gasteiger partial charge in [-0.25, -0.2) is 0 Å². The molecule has 0 fully saturated rings. The van der Waals surface area contributed by atoms with Crippen LogP contribution in [-0.4, -0.2) is 23.7 Å². The Labute approximate surface area is 88.1 Å². The molecule has 5 heteroatoms. The van der Waals surface area contributed by atoms with Gasteiger partial charge in [0.25, 0.3) is 0 Å². The molecule has 0 saturated heterocycles. The minimum absolute atomic E-state index is 0.367. The minimum Gasteiger partial charge on any atom is -0.397 e. The first-order chi connectivity index (χ1) is 7.00. The lowest BCUT2D eigenvalue weighted by molar-refractivity contribution is 0.100. The van der Waals surface area contributed by atoms with E-state index in [9.17, 15) is 4.79 Å². The molecule has 0 heterocycles. The van der Waals surface area contributed by atoms with Gasteiger partial charge < -0.3 is 21.9 Å². The number of aliphatic hydroxyl groups is 1. The number of carbonyl (C=O) groups excluding carboxylic acids is 1. The molecule has 1 rings (SSSR count). The summed E-state index contributed by atoms with van der Waals surface area (Å²) in [7, 11) is 0. The normalized spacial score (nSPS) is 12.1. The fourth-order valence-corrected chi connectivity index (χ4v) is 1.12. The van der Waals surface area contributed by atoms with Crippen LogP contribution in [0, 0.1) is 0 Å². The van der Waals surface area contributed by atoms with Gasteiger partial charge in [-0.2, -0.15) is 0 Å². The summed E-state index contributed by atoms with van der Waals surface area (Å²) in [5, 5.41) is 12.0. The maximum atomic E-state index is 10.9. The van der Waals surface area contributed by atoms with Crippen molar-refractivity contribution in [1.82, 2.24) is 0 Å². The van der Waals surface area contributed by atoms with Gasteiger partial charge in [0.2, 0.25) is 5.91 Å². The second-order valence-corrected chi connectivity index (χ2v) is 3.40. The van der Waals surface area contributed by atoms with Crippen LogP contribution in [-0.2, 0) is 0 Å². The highest BCUT2D eigenvalue weighted by molar-refractivity contribution is 5.94. The Balaban J connectivity index is 2.85. The predicted molar refractivity (Wildman–Crippen MR) is 59.5 cm³/mol. The first-order valence-corrected chi connectivity index (χ1v) is 4.62. The van der Waals surface area contributed by atoms with Crippen LogP contribution in [0.25, 0.3) is 0 Å². The highest BCUT2D eigenvalue weighted by Gasteiger charge is 2.05. The van der Waals surface area contributed by atoms with E-state index in [2.05, 4.69) is 5.32 Å². The second-order valence-electron chi connectivity index (χ2n) is 3.40. The third kappa shape index (κ3) is 3.14. The Morgan fingerprint density at radius 2 is 2.27 bits per heavy atom. The molecule has 0 aliphatic carbocycles. The molecule has 0 aliphatic heterocycles. The fraction of sp³-hybridized carbons (Fsp3) is 0.300. The quantitative estimate of drug-likeness (QED) is 0.530. The van der Waals surface area contributed by atoms with Crippen molar-refractivity contribution < 1.29 is 9.90 Å². The van der Waals surface area contributed by atoms with Crippen molar-refractivity contribution >= 4 is 17.3 Å². The van der Waals surface area contributed by atoms with Gasteiger partial charge in [0.1, 0.15) is 0 Å². The van der Waals surface area contributed by atoms with Crippen molar-refractivity contribution in [1.29, 1.82) is 0 Å². The Morgan fingerprint density at radius 1 is 1.60 bits per heavy atom. The van der Waals surface area contributed by atoms with E-state index < -0.39 is 12.0 Å². The van der Waals surface area contributed by atoms with Crippen molar-refractivity contribution in [2.45, 2.75) is 13.0 Å². The summed E-state index contributed by atoms with van der Waals surface area (Å²) in [6, 6.07) is 4.73. The van der Waals surface area contributed by atoms with E-state index in [1.54, 1.807) is 25.1 Å². The van der Waals surface area contributed by atoms with Gasteiger partial charge in [-0.05, 0) is 25.1 Å². The number of hydrogen-bond donors (Lipinski definition) is 4. The van der Waals surface area contributed by atoms with Crippen molar-refractivity contribution in [3.05, 3.63) is 23.8 Å². The van der Waals surface area contributed by atoms with E-state index in [0.29, 0.717) is 23.5 Å². The summed E-state index contributed by atoms with van der Waals surface area (Å²) in [6.07, 6.45) is -0.485. The average molecular weight is 209 g/mol. The van der Waals surface area contributed by atoms with Crippen LogP contribution in [0.4, 0.5) is 11.4 Å². The fourth-order valence-electron chi connectivity index (χ4n) is 1.12. The number of amides is 1. The van der Waals surface area contributed by atoms with E-state index in [0.717, 1.165) is 0 Å². The third-order valence-corrected chi connectivity index (χ3v) is 1.93. The molecule has 1 amide bonds. The number of hydrogen-bond acceptors (Lipinski definition) is 4. The molecular weight excluding hydrogens is 194 g/mol. The number of nitrogens with two attached hydrogens (primary N) is 2. The molecule has 0 bridgehead atoms. The highest BCUT2D eigenvalue weighted by Crippen LogP contribution is 2.19. The number of carbonyl (C=O) groups is 1. The number of anilines is 2. The second kappa shape index (κ2) is 4.65. The molecule has 0 radical (unpaired) electrons. The molecule has 1 unspecified atom stereocenters. The molecule has 82 valence electrons. The number of benzene rings is 1. The summed E-state index contributed by atoms with van der Waals surface area (Å²) >= 11 is 0. The number of nitrogen functional groups attached to an aromatic ring is 1. The van der Waals surface area contributed by atoms with Crippen LogP contribution in [0.5, 0.6) is 0 Å². The summed E-state index contributed by atoms with van der Waals surface area (Å²) < 4.78 is 0. The largest absolute Gasteiger partial charge is 0.397 e. The maximum Gasteiger partial charge on any atom is 0.248 e. The molecule has 0 aliphatic rings. The zero-order valence-corrected chi connectivity index (χ0v) is 8.53. The molecule has 0 spiro atoms. The van der Waals surface area contributed by atoms with E-state index in [1.165, 1.54) is 0 Å². The van der Waals surface area contributed by atoms with Crippen molar-refractivity contribution in [3.8, 4) is 0 Å².